The van der Waals surface area contributed by atoms with Crippen molar-refractivity contribution >= 4 is 22.5 Å². The second-order valence-electron chi connectivity index (χ2n) is 9.79. The van der Waals surface area contributed by atoms with Crippen molar-refractivity contribution in [3.05, 3.63) is 65.4 Å². The van der Waals surface area contributed by atoms with E-state index in [-0.39, 0.29) is 18.0 Å². The summed E-state index contributed by atoms with van der Waals surface area (Å²) in [6.07, 6.45) is -0.352. The Kier molecular flexibility index (Phi) is 7.40. The molecule has 3 aromatic rings. The molecule has 7 nitrogen and oxygen atoms in total. The van der Waals surface area contributed by atoms with Crippen LogP contribution in [0.3, 0.4) is 0 Å². The van der Waals surface area contributed by atoms with Gasteiger partial charge in [0.15, 0.2) is 17.3 Å². The van der Waals surface area contributed by atoms with Gasteiger partial charge in [0.25, 0.3) is 5.60 Å². The fraction of sp³-hybridized carbons (Fsp3) is 0.355. The van der Waals surface area contributed by atoms with E-state index in [2.05, 4.69) is 0 Å². The average molecular weight is 519 g/mol. The van der Waals surface area contributed by atoms with Crippen LogP contribution in [0, 0.1) is 0 Å². The molecule has 0 amide bonds. The van der Waals surface area contributed by atoms with E-state index in [1.807, 2.05) is 64.1 Å². The second kappa shape index (κ2) is 10.4. The van der Waals surface area contributed by atoms with Gasteiger partial charge in [-0.15, -0.1) is 0 Å². The van der Waals surface area contributed by atoms with Gasteiger partial charge in [0.2, 0.25) is 5.78 Å². The number of fused-ring (bicyclic) bond motifs is 1. The van der Waals surface area contributed by atoms with Gasteiger partial charge in [-0.1, -0.05) is 36.4 Å². The van der Waals surface area contributed by atoms with E-state index in [1.54, 1.807) is 33.3 Å². The molecule has 1 aliphatic rings. The Labute approximate surface area is 223 Å². The standard InChI is InChI=1S/C31H34O7/c1-17(2)36-28-25(21-12-10-9-11-13-21)26(34-7)24-16-22(14-15-23(24)27(28)35-8)31(38-20(6)32)29(33)19(5)30(31)37-18(3)4/h9-18H,1-8H3. The molecule has 200 valence electrons. The minimum Gasteiger partial charge on any atom is -0.495 e. The molecule has 0 aliphatic heterocycles. The van der Waals surface area contributed by atoms with E-state index in [0.717, 1.165) is 16.5 Å². The van der Waals surface area contributed by atoms with E-state index >= 15 is 0 Å². The van der Waals surface area contributed by atoms with Gasteiger partial charge in [0.05, 0.1) is 32.0 Å². The number of ether oxygens (including phenoxy) is 5. The summed E-state index contributed by atoms with van der Waals surface area (Å²) in [7, 11) is 3.18. The molecular formula is C31H34O7. The zero-order valence-corrected chi connectivity index (χ0v) is 23.1. The van der Waals surface area contributed by atoms with Crippen LogP contribution < -0.4 is 14.2 Å². The lowest BCUT2D eigenvalue weighted by Crippen LogP contribution is -2.52. The van der Waals surface area contributed by atoms with E-state index in [0.29, 0.717) is 39.5 Å². The van der Waals surface area contributed by atoms with Crippen molar-refractivity contribution in [1.82, 2.24) is 0 Å². The molecular weight excluding hydrogens is 484 g/mol. The van der Waals surface area contributed by atoms with Crippen LogP contribution in [0.5, 0.6) is 17.2 Å². The Morgan fingerprint density at radius 1 is 0.816 bits per heavy atom. The average Bonchev–Trinajstić information content (AvgIpc) is 2.89. The van der Waals surface area contributed by atoms with Crippen LogP contribution in [0.4, 0.5) is 0 Å². The van der Waals surface area contributed by atoms with Crippen molar-refractivity contribution in [2.75, 3.05) is 14.2 Å². The van der Waals surface area contributed by atoms with Gasteiger partial charge in [0, 0.05) is 28.8 Å². The van der Waals surface area contributed by atoms with E-state index < -0.39 is 11.6 Å². The first-order valence-electron chi connectivity index (χ1n) is 12.6. The third-order valence-corrected chi connectivity index (χ3v) is 6.37. The van der Waals surface area contributed by atoms with Crippen LogP contribution >= 0.6 is 0 Å². The van der Waals surface area contributed by atoms with Crippen molar-refractivity contribution in [2.45, 2.75) is 59.4 Å². The summed E-state index contributed by atoms with van der Waals surface area (Å²) < 4.78 is 30.0. The maximum atomic E-state index is 13.4. The van der Waals surface area contributed by atoms with Gasteiger partial charge in [0.1, 0.15) is 5.75 Å². The molecule has 0 fully saturated rings. The van der Waals surface area contributed by atoms with Crippen LogP contribution in [0.15, 0.2) is 59.9 Å². The van der Waals surface area contributed by atoms with Crippen LogP contribution in [0.25, 0.3) is 21.9 Å². The van der Waals surface area contributed by atoms with Crippen molar-refractivity contribution in [3.63, 3.8) is 0 Å². The first-order chi connectivity index (χ1) is 18.1. The number of rotatable bonds is 9. The highest BCUT2D eigenvalue weighted by Gasteiger charge is 2.59. The van der Waals surface area contributed by atoms with Crippen molar-refractivity contribution in [3.8, 4) is 28.4 Å². The molecule has 0 saturated heterocycles. The number of ketones is 1. The highest BCUT2D eigenvalue weighted by molar-refractivity contribution is 6.13. The summed E-state index contributed by atoms with van der Waals surface area (Å²) in [4.78, 5) is 25.7. The highest BCUT2D eigenvalue weighted by Crippen LogP contribution is 2.54. The number of benzene rings is 3. The number of methoxy groups -OCH3 is 2. The van der Waals surface area contributed by atoms with Gasteiger partial charge in [-0.3, -0.25) is 9.59 Å². The summed E-state index contributed by atoms with van der Waals surface area (Å²) in [5.41, 5.74) is 0.806. The van der Waals surface area contributed by atoms with Crippen LogP contribution in [0.1, 0.15) is 47.1 Å². The SMILES string of the molecule is COc1c(OC(C)C)c(-c2ccccc2)c(OC)c2cc(C3(OC(C)=O)C(=O)C(C)=C3OC(C)C)ccc12. The van der Waals surface area contributed by atoms with E-state index in [1.165, 1.54) is 6.92 Å². The third kappa shape index (κ3) is 4.36. The molecule has 7 heteroatoms. The summed E-state index contributed by atoms with van der Waals surface area (Å²) in [5, 5.41) is 1.39. The maximum absolute atomic E-state index is 13.4. The molecule has 0 N–H and O–H groups in total. The number of carbonyl (C=O) groups is 2. The monoisotopic (exact) mass is 518 g/mol. The number of hydrogen-bond donors (Lipinski definition) is 0. The number of esters is 1. The Morgan fingerprint density at radius 2 is 1.45 bits per heavy atom. The highest BCUT2D eigenvalue weighted by atomic mass is 16.6. The quantitative estimate of drug-likeness (QED) is 0.305. The van der Waals surface area contributed by atoms with Gasteiger partial charge in [-0.05, 0) is 52.3 Å². The first kappa shape index (κ1) is 27.0. The summed E-state index contributed by atoms with van der Waals surface area (Å²) >= 11 is 0. The molecule has 0 saturated carbocycles. The zero-order valence-electron chi connectivity index (χ0n) is 23.1. The molecule has 38 heavy (non-hydrogen) atoms. The lowest BCUT2D eigenvalue weighted by Gasteiger charge is -2.42. The Balaban J connectivity index is 2.09. The molecule has 0 heterocycles. The topological polar surface area (TPSA) is 80.3 Å². The Morgan fingerprint density at radius 3 is 2.00 bits per heavy atom. The molecule has 1 atom stereocenters. The molecule has 1 unspecified atom stereocenters. The molecule has 4 rings (SSSR count). The smallest absolute Gasteiger partial charge is 0.304 e. The summed E-state index contributed by atoms with van der Waals surface area (Å²) in [6, 6.07) is 15.1. The van der Waals surface area contributed by atoms with Crippen molar-refractivity contribution < 1.29 is 33.3 Å². The third-order valence-electron chi connectivity index (χ3n) is 6.37. The number of Topliss-reactive ketones (excluding diaryl/α,β-unsaturated/α-hetero) is 1. The Hall–Kier alpha value is -4.00. The number of carbonyl (C=O) groups excluding carboxylic acids is 2. The van der Waals surface area contributed by atoms with Crippen molar-refractivity contribution in [1.29, 1.82) is 0 Å². The van der Waals surface area contributed by atoms with Crippen LogP contribution in [-0.4, -0.2) is 38.2 Å². The lowest BCUT2D eigenvalue weighted by atomic mass is 9.72. The maximum Gasteiger partial charge on any atom is 0.304 e. The normalized spacial score (nSPS) is 17.1. The molecule has 0 radical (unpaired) electrons. The predicted molar refractivity (Wildman–Crippen MR) is 146 cm³/mol. The summed E-state index contributed by atoms with van der Waals surface area (Å²) in [6.45, 7) is 10.6. The molecule has 1 aliphatic carbocycles. The second-order valence-corrected chi connectivity index (χ2v) is 9.79. The first-order valence-corrected chi connectivity index (χ1v) is 12.6. The molecule has 3 aromatic carbocycles. The van der Waals surface area contributed by atoms with Crippen LogP contribution in [-0.2, 0) is 24.7 Å². The van der Waals surface area contributed by atoms with Gasteiger partial charge in [-0.2, -0.15) is 0 Å². The minimum atomic E-state index is -1.67. The number of hydrogen-bond acceptors (Lipinski definition) is 7. The summed E-state index contributed by atoms with van der Waals surface area (Å²) in [5.74, 6) is 1.05. The lowest BCUT2D eigenvalue weighted by molar-refractivity contribution is -0.171. The minimum absolute atomic E-state index is 0.128. The van der Waals surface area contributed by atoms with Crippen molar-refractivity contribution in [2.24, 2.45) is 0 Å². The van der Waals surface area contributed by atoms with Gasteiger partial charge < -0.3 is 23.7 Å². The van der Waals surface area contributed by atoms with Crippen LogP contribution in [0.2, 0.25) is 0 Å². The zero-order chi connectivity index (χ0) is 27.8. The largest absolute Gasteiger partial charge is 0.495 e. The van der Waals surface area contributed by atoms with Gasteiger partial charge in [-0.25, -0.2) is 0 Å². The molecule has 0 bridgehead atoms. The fourth-order valence-corrected chi connectivity index (χ4v) is 4.96. The predicted octanol–water partition coefficient (Wildman–Crippen LogP) is 6.35. The molecule has 0 aromatic heterocycles. The van der Waals surface area contributed by atoms with E-state index in [9.17, 15) is 9.59 Å². The van der Waals surface area contributed by atoms with Gasteiger partial charge >= 0.3 is 5.97 Å². The fourth-order valence-electron chi connectivity index (χ4n) is 4.96. The Bertz CT molecular complexity index is 1420. The van der Waals surface area contributed by atoms with E-state index in [4.69, 9.17) is 23.7 Å². The molecule has 0 spiro atoms.